The number of imidazole rings is 1. The second-order valence-electron chi connectivity index (χ2n) is 7.24. The summed E-state index contributed by atoms with van der Waals surface area (Å²) in [6.07, 6.45) is 5.20. The first-order chi connectivity index (χ1) is 15.1. The number of aromatic nitrogens is 2. The second kappa shape index (κ2) is 9.24. The fraction of sp³-hybridized carbons (Fsp3) is 0.292. The van der Waals surface area contributed by atoms with Gasteiger partial charge in [-0.25, -0.2) is 4.98 Å². The monoisotopic (exact) mass is 453 g/mol. The highest BCUT2D eigenvalue weighted by Crippen LogP contribution is 2.43. The smallest absolute Gasteiger partial charge is 0.152 e. The van der Waals surface area contributed by atoms with Gasteiger partial charge < -0.3 is 14.4 Å². The maximum absolute atomic E-state index is 5.75. The van der Waals surface area contributed by atoms with Crippen LogP contribution in [0.25, 0.3) is 16.8 Å². The lowest BCUT2D eigenvalue weighted by molar-refractivity contribution is 0.397. The number of aryl methyl sites for hydroxylation is 1. The van der Waals surface area contributed by atoms with E-state index in [4.69, 9.17) is 14.5 Å². The highest BCUT2D eigenvalue weighted by molar-refractivity contribution is 7.98. The molecule has 5 nitrogen and oxygen atoms in total. The molecular weight excluding hydrogens is 426 g/mol. The maximum Gasteiger partial charge on any atom is 0.152 e. The third-order valence-corrected chi connectivity index (χ3v) is 6.56. The first kappa shape index (κ1) is 21.6. The molecule has 4 rings (SSSR count). The molecule has 7 heteroatoms. The third-order valence-electron chi connectivity index (χ3n) is 5.23. The van der Waals surface area contributed by atoms with Crippen LogP contribution in [-0.4, -0.2) is 36.4 Å². The molecule has 0 aliphatic rings. The van der Waals surface area contributed by atoms with E-state index in [-0.39, 0.29) is 0 Å². The van der Waals surface area contributed by atoms with Gasteiger partial charge >= 0.3 is 0 Å². The van der Waals surface area contributed by atoms with E-state index >= 15 is 0 Å². The molecule has 0 amide bonds. The van der Waals surface area contributed by atoms with Crippen LogP contribution in [0.3, 0.4) is 0 Å². The van der Waals surface area contributed by atoms with Crippen LogP contribution >= 0.6 is 23.1 Å². The highest BCUT2D eigenvalue weighted by Gasteiger charge is 2.24. The topological polar surface area (TPSA) is 39.0 Å². The van der Waals surface area contributed by atoms with E-state index in [0.717, 1.165) is 57.6 Å². The van der Waals surface area contributed by atoms with Gasteiger partial charge in [0.1, 0.15) is 22.2 Å². The number of pyridine rings is 1. The first-order valence-corrected chi connectivity index (χ1v) is 12.4. The molecule has 0 N–H and O–H groups in total. The van der Waals surface area contributed by atoms with E-state index in [2.05, 4.69) is 57.6 Å². The van der Waals surface area contributed by atoms with Crippen molar-refractivity contribution in [3.63, 3.8) is 0 Å². The molecule has 1 aromatic carbocycles. The summed E-state index contributed by atoms with van der Waals surface area (Å²) in [6, 6.07) is 10.4. The molecule has 162 valence electrons. The summed E-state index contributed by atoms with van der Waals surface area (Å²) in [6.45, 7) is 5.16. The average Bonchev–Trinajstić information content (AvgIpc) is 3.44. The Kier molecular flexibility index (Phi) is 6.43. The Morgan fingerprint density at radius 1 is 1.16 bits per heavy atom. The zero-order valence-electron chi connectivity index (χ0n) is 18.5. The molecule has 3 aromatic heterocycles. The van der Waals surface area contributed by atoms with Crippen LogP contribution in [0.15, 0.2) is 52.3 Å². The fourth-order valence-electron chi connectivity index (χ4n) is 3.91. The summed E-state index contributed by atoms with van der Waals surface area (Å²) in [4.78, 5) is 7.43. The lowest BCUT2D eigenvalue weighted by atomic mass is 10.0. The lowest BCUT2D eigenvalue weighted by Gasteiger charge is -2.23. The van der Waals surface area contributed by atoms with Crippen LogP contribution in [-0.2, 0) is 0 Å². The van der Waals surface area contributed by atoms with Crippen LogP contribution in [0.5, 0.6) is 11.5 Å². The second-order valence-corrected chi connectivity index (χ2v) is 8.81. The molecule has 0 unspecified atom stereocenters. The standard InChI is InChI=1S/C24H27N3O2S2/c1-6-10-26(17-9-12-31-15-17)24-23(30-5)25-22-18(8-7-11-27(22)24)21-19(28-3)13-16(2)14-20(21)29-4/h7-9,11-15H,6,10H2,1-5H3. The van der Waals surface area contributed by atoms with Crippen LogP contribution in [0.1, 0.15) is 18.9 Å². The van der Waals surface area contributed by atoms with Gasteiger partial charge in [-0.05, 0) is 60.9 Å². The van der Waals surface area contributed by atoms with E-state index < -0.39 is 0 Å². The van der Waals surface area contributed by atoms with Gasteiger partial charge in [-0.2, -0.15) is 11.3 Å². The SMILES string of the molecule is CCCN(c1ccsc1)c1c(SC)nc2c(-c3c(OC)cc(C)cc3OC)cccn12. The number of benzene rings is 1. The quantitative estimate of drug-likeness (QED) is 0.279. The van der Waals surface area contributed by atoms with Crippen LogP contribution in [0, 0.1) is 6.92 Å². The van der Waals surface area contributed by atoms with Gasteiger partial charge in [0.05, 0.1) is 25.5 Å². The molecule has 0 radical (unpaired) electrons. The molecule has 0 bridgehead atoms. The minimum atomic E-state index is 0.781. The van der Waals surface area contributed by atoms with Crippen molar-refractivity contribution in [2.24, 2.45) is 0 Å². The number of hydrogen-bond donors (Lipinski definition) is 0. The number of rotatable bonds is 8. The Morgan fingerprint density at radius 2 is 1.90 bits per heavy atom. The van der Waals surface area contributed by atoms with Crippen LogP contribution in [0.2, 0.25) is 0 Å². The van der Waals surface area contributed by atoms with E-state index in [1.807, 2.05) is 19.1 Å². The maximum atomic E-state index is 5.75. The van der Waals surface area contributed by atoms with Crippen molar-refractivity contribution in [2.75, 3.05) is 31.9 Å². The molecule has 3 heterocycles. The normalized spacial score (nSPS) is 11.1. The van der Waals surface area contributed by atoms with Crippen molar-refractivity contribution < 1.29 is 9.47 Å². The summed E-state index contributed by atoms with van der Waals surface area (Å²) in [5.74, 6) is 2.65. The zero-order valence-corrected chi connectivity index (χ0v) is 20.1. The largest absolute Gasteiger partial charge is 0.496 e. The third kappa shape index (κ3) is 3.88. The Bertz CT molecular complexity index is 1160. The van der Waals surface area contributed by atoms with E-state index in [9.17, 15) is 0 Å². The number of anilines is 2. The number of thiophene rings is 1. The number of ether oxygens (including phenoxy) is 2. The molecule has 0 aliphatic heterocycles. The summed E-state index contributed by atoms with van der Waals surface area (Å²) < 4.78 is 13.7. The molecule has 0 aliphatic carbocycles. The van der Waals surface area contributed by atoms with Gasteiger partial charge in [-0.3, -0.25) is 4.40 Å². The van der Waals surface area contributed by atoms with Crippen LogP contribution in [0.4, 0.5) is 11.5 Å². The minimum absolute atomic E-state index is 0.781. The van der Waals surface area contributed by atoms with Crippen molar-refractivity contribution in [3.8, 4) is 22.6 Å². The van der Waals surface area contributed by atoms with Gasteiger partial charge in [0, 0.05) is 23.7 Å². The molecule has 31 heavy (non-hydrogen) atoms. The highest BCUT2D eigenvalue weighted by atomic mass is 32.2. The summed E-state index contributed by atoms with van der Waals surface area (Å²) in [5, 5.41) is 5.31. The van der Waals surface area contributed by atoms with Crippen LogP contribution < -0.4 is 14.4 Å². The predicted molar refractivity (Wildman–Crippen MR) is 132 cm³/mol. The summed E-state index contributed by atoms with van der Waals surface area (Å²) in [5.41, 5.74) is 5.07. The van der Waals surface area contributed by atoms with Crippen molar-refractivity contribution >= 4 is 40.3 Å². The number of fused-ring (bicyclic) bond motifs is 1. The fourth-order valence-corrected chi connectivity index (χ4v) is 5.12. The molecule has 0 spiro atoms. The van der Waals surface area contributed by atoms with Crippen molar-refractivity contribution in [3.05, 3.63) is 52.9 Å². The summed E-state index contributed by atoms with van der Waals surface area (Å²) in [7, 11) is 3.39. The van der Waals surface area contributed by atoms with E-state index in [0.29, 0.717) is 0 Å². The Hall–Kier alpha value is -2.64. The Morgan fingerprint density at radius 3 is 2.48 bits per heavy atom. The van der Waals surface area contributed by atoms with E-state index in [1.54, 1.807) is 37.3 Å². The lowest BCUT2D eigenvalue weighted by Crippen LogP contribution is -2.19. The summed E-state index contributed by atoms with van der Waals surface area (Å²) >= 11 is 3.38. The Balaban J connectivity index is 2.01. The predicted octanol–water partition coefficient (Wildman–Crippen LogP) is 6.66. The molecule has 0 fully saturated rings. The molecule has 0 saturated heterocycles. The molecule has 0 atom stereocenters. The van der Waals surface area contributed by atoms with E-state index in [1.165, 1.54) is 5.69 Å². The zero-order chi connectivity index (χ0) is 22.0. The van der Waals surface area contributed by atoms with Gasteiger partial charge in [-0.15, -0.1) is 11.8 Å². The average molecular weight is 454 g/mol. The number of thioether (sulfide) groups is 1. The van der Waals surface area contributed by atoms with Crippen molar-refractivity contribution in [2.45, 2.75) is 25.3 Å². The molecule has 4 aromatic rings. The van der Waals surface area contributed by atoms with Gasteiger partial charge in [0.25, 0.3) is 0 Å². The van der Waals surface area contributed by atoms with Gasteiger partial charge in [0.15, 0.2) is 5.82 Å². The van der Waals surface area contributed by atoms with Crippen molar-refractivity contribution in [1.82, 2.24) is 9.38 Å². The van der Waals surface area contributed by atoms with Crippen molar-refractivity contribution in [1.29, 1.82) is 0 Å². The molecule has 0 saturated carbocycles. The minimum Gasteiger partial charge on any atom is -0.496 e. The number of nitrogens with zero attached hydrogens (tertiary/aromatic N) is 3. The Labute approximate surface area is 191 Å². The van der Waals surface area contributed by atoms with Gasteiger partial charge in [-0.1, -0.05) is 6.92 Å². The van der Waals surface area contributed by atoms with Gasteiger partial charge in [0.2, 0.25) is 0 Å². The number of methoxy groups -OCH3 is 2. The first-order valence-electron chi connectivity index (χ1n) is 10.2. The molecular formula is C24H27N3O2S2. The number of hydrogen-bond acceptors (Lipinski definition) is 6.